The van der Waals surface area contributed by atoms with Crippen LogP contribution in [0.4, 0.5) is 0 Å². The Morgan fingerprint density at radius 1 is 1.07 bits per heavy atom. The predicted octanol–water partition coefficient (Wildman–Crippen LogP) is 1.99. The van der Waals surface area contributed by atoms with Gasteiger partial charge in [0.2, 0.25) is 0 Å². The van der Waals surface area contributed by atoms with Crippen molar-refractivity contribution in [3.05, 3.63) is 0 Å². The van der Waals surface area contributed by atoms with Crippen molar-refractivity contribution in [2.45, 2.75) is 57.5 Å². The Morgan fingerprint density at radius 3 is 2.57 bits per heavy atom. The van der Waals surface area contributed by atoms with Crippen molar-refractivity contribution >= 4 is 0 Å². The van der Waals surface area contributed by atoms with Gasteiger partial charge < -0.3 is 5.73 Å². The van der Waals surface area contributed by atoms with Gasteiger partial charge in [0.1, 0.15) is 0 Å². The minimum Gasteiger partial charge on any atom is -0.326 e. The van der Waals surface area contributed by atoms with Gasteiger partial charge in [-0.1, -0.05) is 26.2 Å². The molecule has 1 saturated heterocycles. The highest BCUT2D eigenvalue weighted by Gasteiger charge is 2.30. The van der Waals surface area contributed by atoms with Gasteiger partial charge in [-0.15, -0.1) is 0 Å². The Morgan fingerprint density at radius 2 is 1.86 bits per heavy atom. The molecular formula is C12H24N2. The molecule has 1 aliphatic carbocycles. The Hall–Kier alpha value is -0.0800. The molecule has 3 atom stereocenters. The summed E-state index contributed by atoms with van der Waals surface area (Å²) in [4.78, 5) is 2.65. The second-order valence-corrected chi connectivity index (χ2v) is 5.23. The number of nitrogens with zero attached hydrogens (tertiary/aromatic N) is 1. The molecule has 0 aromatic carbocycles. The van der Waals surface area contributed by atoms with Gasteiger partial charge in [-0.05, 0) is 25.2 Å². The van der Waals surface area contributed by atoms with Crippen LogP contribution >= 0.6 is 0 Å². The van der Waals surface area contributed by atoms with Crippen LogP contribution in [0.25, 0.3) is 0 Å². The fourth-order valence-electron chi connectivity index (χ4n) is 3.13. The van der Waals surface area contributed by atoms with Crippen LogP contribution in [0.5, 0.6) is 0 Å². The number of rotatable bonds is 1. The number of nitrogens with two attached hydrogens (primary N) is 1. The van der Waals surface area contributed by atoms with Crippen LogP contribution in [0.2, 0.25) is 0 Å². The minimum atomic E-state index is 0.449. The predicted molar refractivity (Wildman–Crippen MR) is 60.2 cm³/mol. The average molecular weight is 196 g/mol. The van der Waals surface area contributed by atoms with Gasteiger partial charge >= 0.3 is 0 Å². The second kappa shape index (κ2) is 4.63. The zero-order valence-electron chi connectivity index (χ0n) is 9.41. The smallest absolute Gasteiger partial charge is 0.0180 e. The van der Waals surface area contributed by atoms with Crippen LogP contribution in [0, 0.1) is 5.92 Å². The second-order valence-electron chi connectivity index (χ2n) is 5.23. The summed E-state index contributed by atoms with van der Waals surface area (Å²) in [6.45, 7) is 4.82. The van der Waals surface area contributed by atoms with E-state index in [4.69, 9.17) is 5.73 Å². The molecule has 0 aromatic heterocycles. The zero-order chi connectivity index (χ0) is 9.97. The van der Waals surface area contributed by atoms with Gasteiger partial charge in [-0.25, -0.2) is 0 Å². The summed E-state index contributed by atoms with van der Waals surface area (Å²) in [6, 6.07) is 1.29. The summed E-state index contributed by atoms with van der Waals surface area (Å²) in [5.74, 6) is 0.891. The van der Waals surface area contributed by atoms with Crippen molar-refractivity contribution < 1.29 is 0 Å². The molecule has 0 radical (unpaired) electrons. The van der Waals surface area contributed by atoms with E-state index in [1.165, 1.54) is 45.1 Å². The van der Waals surface area contributed by atoms with Gasteiger partial charge in [0, 0.05) is 25.2 Å². The molecule has 0 amide bonds. The Labute approximate surface area is 87.8 Å². The van der Waals surface area contributed by atoms with Gasteiger partial charge in [-0.2, -0.15) is 0 Å². The van der Waals surface area contributed by atoms with Crippen LogP contribution in [0.15, 0.2) is 0 Å². The van der Waals surface area contributed by atoms with E-state index in [1.807, 2.05) is 0 Å². The van der Waals surface area contributed by atoms with Crippen molar-refractivity contribution in [3.8, 4) is 0 Å². The van der Waals surface area contributed by atoms with Crippen molar-refractivity contribution in [2.75, 3.05) is 13.1 Å². The summed E-state index contributed by atoms with van der Waals surface area (Å²) in [5, 5.41) is 0. The molecule has 0 aromatic rings. The lowest BCUT2D eigenvalue weighted by Crippen LogP contribution is -2.39. The van der Waals surface area contributed by atoms with E-state index in [9.17, 15) is 0 Å². The van der Waals surface area contributed by atoms with E-state index in [0.29, 0.717) is 6.04 Å². The molecule has 2 fully saturated rings. The van der Waals surface area contributed by atoms with E-state index in [0.717, 1.165) is 18.5 Å². The highest BCUT2D eigenvalue weighted by atomic mass is 15.2. The van der Waals surface area contributed by atoms with Gasteiger partial charge in [0.05, 0.1) is 0 Å². The maximum atomic E-state index is 5.97. The molecule has 2 aliphatic rings. The largest absolute Gasteiger partial charge is 0.326 e. The average Bonchev–Trinajstić information content (AvgIpc) is 2.46. The normalized spacial score (nSPS) is 41.1. The van der Waals surface area contributed by atoms with E-state index in [1.54, 1.807) is 0 Å². The molecule has 2 heteroatoms. The maximum absolute atomic E-state index is 5.97. The highest BCUT2D eigenvalue weighted by Crippen LogP contribution is 2.28. The van der Waals surface area contributed by atoms with Gasteiger partial charge in [0.25, 0.3) is 0 Å². The molecule has 1 aliphatic heterocycles. The Kier molecular flexibility index (Phi) is 3.45. The molecule has 0 spiro atoms. The Bertz CT molecular complexity index is 181. The molecule has 1 saturated carbocycles. The van der Waals surface area contributed by atoms with E-state index in [-0.39, 0.29) is 0 Å². The summed E-state index contributed by atoms with van der Waals surface area (Å²) in [7, 11) is 0. The molecule has 2 rings (SSSR count). The molecular weight excluding hydrogens is 172 g/mol. The van der Waals surface area contributed by atoms with Crippen molar-refractivity contribution in [1.29, 1.82) is 0 Å². The van der Waals surface area contributed by atoms with E-state index >= 15 is 0 Å². The third-order valence-corrected chi connectivity index (χ3v) is 4.04. The molecule has 1 heterocycles. The highest BCUT2D eigenvalue weighted by molar-refractivity contribution is 4.86. The lowest BCUT2D eigenvalue weighted by Gasteiger charge is -2.31. The quantitative estimate of drug-likeness (QED) is 0.650. The van der Waals surface area contributed by atoms with Crippen LogP contribution in [0.3, 0.4) is 0 Å². The monoisotopic (exact) mass is 196 g/mol. The topological polar surface area (TPSA) is 29.3 Å². The molecule has 82 valence electrons. The fraction of sp³-hybridized carbons (Fsp3) is 1.00. The number of hydrogen-bond donors (Lipinski definition) is 1. The third kappa shape index (κ3) is 2.29. The lowest BCUT2D eigenvalue weighted by molar-refractivity contribution is 0.171. The van der Waals surface area contributed by atoms with Gasteiger partial charge in [0.15, 0.2) is 0 Å². The summed E-state index contributed by atoms with van der Waals surface area (Å²) < 4.78 is 0. The van der Waals surface area contributed by atoms with Crippen molar-refractivity contribution in [1.82, 2.24) is 4.90 Å². The SMILES string of the molecule is CC1CCCCCC1N1CCC(N)C1. The van der Waals surface area contributed by atoms with Gasteiger partial charge in [-0.3, -0.25) is 4.90 Å². The molecule has 2 N–H and O–H groups in total. The summed E-state index contributed by atoms with van der Waals surface area (Å²) >= 11 is 0. The molecule has 0 bridgehead atoms. The fourth-order valence-corrected chi connectivity index (χ4v) is 3.13. The van der Waals surface area contributed by atoms with Crippen molar-refractivity contribution in [2.24, 2.45) is 11.7 Å². The first-order valence-electron chi connectivity index (χ1n) is 6.27. The van der Waals surface area contributed by atoms with Crippen LogP contribution in [-0.4, -0.2) is 30.1 Å². The van der Waals surface area contributed by atoms with E-state index < -0.39 is 0 Å². The molecule has 2 nitrogen and oxygen atoms in total. The van der Waals surface area contributed by atoms with E-state index in [2.05, 4.69) is 11.8 Å². The first-order chi connectivity index (χ1) is 6.77. The minimum absolute atomic E-state index is 0.449. The van der Waals surface area contributed by atoms with Crippen LogP contribution in [0.1, 0.15) is 45.4 Å². The number of likely N-dealkylation sites (tertiary alicyclic amines) is 1. The number of hydrogen-bond acceptors (Lipinski definition) is 2. The maximum Gasteiger partial charge on any atom is 0.0180 e. The van der Waals surface area contributed by atoms with Crippen molar-refractivity contribution in [3.63, 3.8) is 0 Å². The lowest BCUT2D eigenvalue weighted by atomic mass is 9.96. The summed E-state index contributed by atoms with van der Waals surface area (Å²) in [6.07, 6.45) is 8.37. The first kappa shape index (κ1) is 10.4. The first-order valence-corrected chi connectivity index (χ1v) is 6.27. The Balaban J connectivity index is 1.93. The molecule has 3 unspecified atom stereocenters. The summed E-state index contributed by atoms with van der Waals surface area (Å²) in [5.41, 5.74) is 5.97. The zero-order valence-corrected chi connectivity index (χ0v) is 9.41. The van der Waals surface area contributed by atoms with Crippen LogP contribution < -0.4 is 5.73 Å². The van der Waals surface area contributed by atoms with Crippen LogP contribution in [-0.2, 0) is 0 Å². The standard InChI is InChI=1S/C12H24N2/c1-10-5-3-2-4-6-12(10)14-8-7-11(13)9-14/h10-12H,2-9,13H2,1H3. The molecule has 14 heavy (non-hydrogen) atoms. The third-order valence-electron chi connectivity index (χ3n) is 4.04.